The largest absolute Gasteiger partial charge is 0.597 e. The molecule has 0 atom stereocenters. The van der Waals surface area contributed by atoms with Crippen molar-refractivity contribution < 1.29 is 26.6 Å². The third-order valence-electron chi connectivity index (χ3n) is 2.56. The molecule has 0 unspecified atom stereocenters. The minimum absolute atomic E-state index is 0.357. The maximum Gasteiger partial charge on any atom is 0.597 e. The van der Waals surface area contributed by atoms with E-state index in [1.165, 1.54) is 42.7 Å². The summed E-state index contributed by atoms with van der Waals surface area (Å²) in [5.41, 5.74) is 5.62. The monoisotopic (exact) mass is 300 g/mol. The first kappa shape index (κ1) is 18.1. The Morgan fingerprint density at radius 2 is 1.00 bits per heavy atom. The number of nitrogens with two attached hydrogens (primary N) is 1. The minimum Gasteiger partial charge on any atom is -0.365 e. The quantitative estimate of drug-likeness (QED) is 0.514. The highest BCUT2D eigenvalue weighted by Crippen LogP contribution is 2.22. The molecule has 0 rings (SSSR count). The Kier molecular flexibility index (Phi) is 8.37. The van der Waals surface area contributed by atoms with E-state index < -0.39 is 17.9 Å². The summed E-state index contributed by atoms with van der Waals surface area (Å²) >= 11 is 0. The van der Waals surface area contributed by atoms with Crippen molar-refractivity contribution in [2.75, 3.05) is 55.7 Å². The van der Waals surface area contributed by atoms with Crippen molar-refractivity contribution in [3.63, 3.8) is 0 Å². The maximum atomic E-state index is 5.62. The topological polar surface area (TPSA) is 84.6 Å². The first-order valence-corrected chi connectivity index (χ1v) is 8.69. The fraction of sp³-hybridized carbons (Fsp3) is 1.00. The number of rotatable bonds is 10. The molecule has 0 heterocycles. The normalized spacial score (nSPS) is 13.3. The van der Waals surface area contributed by atoms with Gasteiger partial charge in [-0.1, -0.05) is 0 Å². The van der Waals surface area contributed by atoms with Gasteiger partial charge >= 0.3 is 17.9 Å². The van der Waals surface area contributed by atoms with Crippen molar-refractivity contribution >= 4 is 17.9 Å². The summed E-state index contributed by atoms with van der Waals surface area (Å²) in [7, 11) is 2.76. The molecule has 8 nitrogen and oxygen atoms in total. The average molecular weight is 300 g/mol. The Bertz CT molecular complexity index is 191. The molecule has 0 bridgehead atoms. The zero-order valence-corrected chi connectivity index (χ0v) is 13.9. The van der Waals surface area contributed by atoms with Gasteiger partial charge in [0.25, 0.3) is 0 Å². The van der Waals surface area contributed by atoms with Crippen LogP contribution in [0.15, 0.2) is 0 Å². The third-order valence-corrected chi connectivity index (χ3v) is 9.07. The smallest absolute Gasteiger partial charge is 0.365 e. The van der Waals surface area contributed by atoms with Gasteiger partial charge in [0.2, 0.25) is 0 Å². The van der Waals surface area contributed by atoms with Gasteiger partial charge in [0, 0.05) is 55.7 Å². The van der Waals surface area contributed by atoms with Gasteiger partial charge in [-0.2, -0.15) is 0 Å². The van der Waals surface area contributed by atoms with Crippen molar-refractivity contribution in [2.45, 2.75) is 0 Å². The van der Waals surface area contributed by atoms with Crippen LogP contribution in [0.3, 0.4) is 0 Å². The zero-order chi connectivity index (χ0) is 14.2. The summed E-state index contributed by atoms with van der Waals surface area (Å²) in [5, 5.41) is 0. The van der Waals surface area contributed by atoms with Gasteiger partial charge in [0.15, 0.2) is 0 Å². The Balaban J connectivity index is 5.49. The summed E-state index contributed by atoms with van der Waals surface area (Å²) in [6, 6.07) is 0. The van der Waals surface area contributed by atoms with E-state index in [0.717, 1.165) is 0 Å². The van der Waals surface area contributed by atoms with E-state index in [1.807, 2.05) is 0 Å². The zero-order valence-electron chi connectivity index (χ0n) is 11.9. The van der Waals surface area contributed by atoms with Crippen molar-refractivity contribution in [1.82, 2.24) is 4.23 Å². The summed E-state index contributed by atoms with van der Waals surface area (Å²) in [6.45, 7) is 0.763. The molecule has 0 aliphatic carbocycles. The molecule has 0 fully saturated rings. The average Bonchev–Trinajstić information content (AvgIpc) is 2.44. The SMILES string of the molecule is CO[Si](OC)(OC)N(CCN)[Si](OC)(OC)OC. The van der Waals surface area contributed by atoms with Crippen molar-refractivity contribution in [2.24, 2.45) is 5.73 Å². The van der Waals surface area contributed by atoms with E-state index in [4.69, 9.17) is 32.3 Å². The van der Waals surface area contributed by atoms with Gasteiger partial charge in [0.1, 0.15) is 0 Å². The highest BCUT2D eigenvalue weighted by molar-refractivity contribution is 6.74. The molecule has 0 aliphatic heterocycles. The van der Waals surface area contributed by atoms with Crippen LogP contribution in [0, 0.1) is 0 Å². The molecule has 0 radical (unpaired) electrons. The molecule has 0 saturated heterocycles. The summed E-state index contributed by atoms with van der Waals surface area (Å²) in [4.78, 5) is 0. The van der Waals surface area contributed by atoms with Crippen molar-refractivity contribution in [3.8, 4) is 0 Å². The Morgan fingerprint density at radius 1 is 0.722 bits per heavy atom. The molecule has 2 N–H and O–H groups in total. The third kappa shape index (κ3) is 3.36. The van der Waals surface area contributed by atoms with E-state index in [-0.39, 0.29) is 0 Å². The van der Waals surface area contributed by atoms with Crippen LogP contribution in [-0.4, -0.2) is 77.9 Å². The molecule has 0 aromatic carbocycles. The van der Waals surface area contributed by atoms with E-state index in [0.29, 0.717) is 13.1 Å². The minimum atomic E-state index is -3.13. The van der Waals surface area contributed by atoms with Crippen LogP contribution < -0.4 is 5.73 Å². The van der Waals surface area contributed by atoms with Gasteiger partial charge in [-0.25, -0.2) is 4.23 Å². The first-order chi connectivity index (χ1) is 8.56. The van der Waals surface area contributed by atoms with Crippen molar-refractivity contribution in [1.29, 1.82) is 0 Å². The highest BCUT2D eigenvalue weighted by atomic mass is 28.5. The first-order valence-electron chi connectivity index (χ1n) is 5.35. The lowest BCUT2D eigenvalue weighted by Crippen LogP contribution is -2.74. The molecule has 0 spiro atoms. The van der Waals surface area contributed by atoms with Crippen LogP contribution in [0.4, 0.5) is 0 Å². The lowest BCUT2D eigenvalue weighted by molar-refractivity contribution is 0.0216. The summed E-state index contributed by atoms with van der Waals surface area (Å²) in [6.07, 6.45) is 0. The second-order valence-corrected chi connectivity index (χ2v) is 9.28. The molecule has 0 amide bonds. The Morgan fingerprint density at radius 3 is 1.17 bits per heavy atom. The second-order valence-electron chi connectivity index (χ2n) is 3.21. The fourth-order valence-corrected chi connectivity index (χ4v) is 7.84. The summed E-state index contributed by atoms with van der Waals surface area (Å²) in [5.74, 6) is 0. The van der Waals surface area contributed by atoms with E-state index >= 15 is 0 Å². The number of hydrogen-bond acceptors (Lipinski definition) is 8. The Labute approximate surface area is 111 Å². The van der Waals surface area contributed by atoms with Gasteiger partial charge in [-0.15, -0.1) is 0 Å². The molecular weight excluding hydrogens is 276 g/mol. The second kappa shape index (κ2) is 8.32. The molecular formula is C8H24N2O6Si2. The molecule has 0 aromatic heterocycles. The van der Waals surface area contributed by atoms with Crippen molar-refractivity contribution in [3.05, 3.63) is 0 Å². The lowest BCUT2D eigenvalue weighted by atomic mass is 10.7. The molecule has 0 aliphatic rings. The van der Waals surface area contributed by atoms with Gasteiger partial charge in [0.05, 0.1) is 0 Å². The maximum absolute atomic E-state index is 5.62. The van der Waals surface area contributed by atoms with E-state index in [1.54, 1.807) is 4.23 Å². The predicted octanol–water partition coefficient (Wildman–Crippen LogP) is -1.00. The van der Waals surface area contributed by atoms with Crippen LogP contribution in [0.2, 0.25) is 0 Å². The van der Waals surface area contributed by atoms with Crippen LogP contribution in [0.25, 0.3) is 0 Å². The highest BCUT2D eigenvalue weighted by Gasteiger charge is 2.62. The van der Waals surface area contributed by atoms with Gasteiger partial charge in [-0.3, -0.25) is 0 Å². The molecule has 10 heteroatoms. The summed E-state index contributed by atoms with van der Waals surface area (Å²) < 4.78 is 34.2. The van der Waals surface area contributed by atoms with E-state index in [9.17, 15) is 0 Å². The van der Waals surface area contributed by atoms with Crippen LogP contribution in [0.1, 0.15) is 0 Å². The van der Waals surface area contributed by atoms with Crippen LogP contribution >= 0.6 is 0 Å². The molecule has 0 saturated carbocycles. The standard InChI is InChI=1S/C8H24N2O6Si2/c1-11-17(12-2,13-3)10(8-7-9)18(14-4,15-5)16-6/h7-9H2,1-6H3. The predicted molar refractivity (Wildman–Crippen MR) is 69.3 cm³/mol. The Hall–Kier alpha value is 0.114. The lowest BCUT2D eigenvalue weighted by Gasteiger charge is -2.41. The van der Waals surface area contributed by atoms with Gasteiger partial charge < -0.3 is 32.3 Å². The number of nitrogens with zero attached hydrogens (tertiary/aromatic N) is 1. The fourth-order valence-electron chi connectivity index (χ4n) is 1.73. The van der Waals surface area contributed by atoms with E-state index in [2.05, 4.69) is 0 Å². The molecule has 0 aromatic rings. The molecule has 110 valence electrons. The molecule has 18 heavy (non-hydrogen) atoms. The number of hydrogen-bond donors (Lipinski definition) is 1. The van der Waals surface area contributed by atoms with Gasteiger partial charge in [-0.05, 0) is 0 Å². The van der Waals surface area contributed by atoms with Crippen LogP contribution in [0.5, 0.6) is 0 Å². The van der Waals surface area contributed by atoms with Crippen LogP contribution in [-0.2, 0) is 26.6 Å².